The van der Waals surface area contributed by atoms with E-state index in [1.54, 1.807) is 11.1 Å². The monoisotopic (exact) mass is 433 g/mol. The van der Waals surface area contributed by atoms with Crippen molar-refractivity contribution in [2.24, 2.45) is 0 Å². The number of rotatable bonds is 3. The van der Waals surface area contributed by atoms with Gasteiger partial charge in [0, 0.05) is 51.5 Å². The van der Waals surface area contributed by atoms with Gasteiger partial charge in [-0.2, -0.15) is 5.26 Å². The Hall–Kier alpha value is -3.58. The molecule has 3 aromatic heterocycles. The molecule has 0 radical (unpaired) electrons. The van der Waals surface area contributed by atoms with Crippen LogP contribution < -0.4 is 4.90 Å². The average molecular weight is 433 g/mol. The number of aromatic amines is 1. The van der Waals surface area contributed by atoms with Crippen molar-refractivity contribution in [2.45, 2.75) is 25.5 Å². The van der Waals surface area contributed by atoms with E-state index in [1.165, 1.54) is 0 Å². The van der Waals surface area contributed by atoms with E-state index in [1.807, 2.05) is 12.3 Å². The van der Waals surface area contributed by atoms with E-state index in [0.717, 1.165) is 42.0 Å². The van der Waals surface area contributed by atoms with Crippen LogP contribution in [0.4, 0.5) is 10.5 Å². The molecule has 0 saturated carbocycles. The molecule has 2 saturated heterocycles. The van der Waals surface area contributed by atoms with Gasteiger partial charge in [-0.15, -0.1) is 0 Å². The first-order chi connectivity index (χ1) is 15.7. The van der Waals surface area contributed by atoms with Gasteiger partial charge in [0.15, 0.2) is 6.10 Å². The first kappa shape index (κ1) is 19.1. The predicted molar refractivity (Wildman–Crippen MR) is 115 cm³/mol. The standard InChI is InChI=1S/C22H23N7O3/c23-10-15-19-17(27-6-8-28(9-7-27)22(30)32-14-12-31-13-14)3-4-24-21(19)26-20(15)16-11-29-5-1-2-18(29)25-16/h3-4,11,14H,1-2,5-9,12-13H2,(H,24,26). The second kappa shape index (κ2) is 7.53. The van der Waals surface area contributed by atoms with Crippen LogP contribution in [0, 0.1) is 11.3 Å². The van der Waals surface area contributed by atoms with E-state index in [0.29, 0.717) is 56.3 Å². The lowest BCUT2D eigenvalue weighted by Gasteiger charge is -2.37. The molecule has 32 heavy (non-hydrogen) atoms. The number of piperazine rings is 1. The number of aromatic nitrogens is 4. The van der Waals surface area contributed by atoms with Gasteiger partial charge in [0.1, 0.15) is 23.2 Å². The molecule has 1 N–H and O–H groups in total. The van der Waals surface area contributed by atoms with E-state index in [4.69, 9.17) is 14.5 Å². The zero-order chi connectivity index (χ0) is 21.7. The molecule has 1 amide bonds. The van der Waals surface area contributed by atoms with Crippen LogP contribution in [0.25, 0.3) is 22.4 Å². The van der Waals surface area contributed by atoms with Gasteiger partial charge in [-0.1, -0.05) is 0 Å². The Balaban J connectivity index is 1.27. The molecule has 0 bridgehead atoms. The van der Waals surface area contributed by atoms with Crippen molar-refractivity contribution in [3.63, 3.8) is 0 Å². The van der Waals surface area contributed by atoms with E-state index in [9.17, 15) is 10.1 Å². The van der Waals surface area contributed by atoms with Crippen LogP contribution in [0.15, 0.2) is 18.5 Å². The number of aryl methyl sites for hydroxylation is 2. The maximum absolute atomic E-state index is 12.3. The van der Waals surface area contributed by atoms with Crippen LogP contribution >= 0.6 is 0 Å². The van der Waals surface area contributed by atoms with Crippen molar-refractivity contribution in [2.75, 3.05) is 44.3 Å². The highest BCUT2D eigenvalue weighted by Gasteiger charge is 2.29. The van der Waals surface area contributed by atoms with Gasteiger partial charge in [-0.05, 0) is 12.5 Å². The van der Waals surface area contributed by atoms with Crippen LogP contribution in [-0.4, -0.2) is 76.0 Å². The third-order valence-corrected chi connectivity index (χ3v) is 6.45. The number of anilines is 1. The summed E-state index contributed by atoms with van der Waals surface area (Å²) in [4.78, 5) is 28.8. The number of fused-ring (bicyclic) bond motifs is 2. The van der Waals surface area contributed by atoms with E-state index >= 15 is 0 Å². The minimum Gasteiger partial charge on any atom is -0.441 e. The number of ether oxygens (including phenoxy) is 2. The van der Waals surface area contributed by atoms with Crippen molar-refractivity contribution < 1.29 is 14.3 Å². The number of nitriles is 1. The Morgan fingerprint density at radius 3 is 2.81 bits per heavy atom. The Morgan fingerprint density at radius 2 is 2.09 bits per heavy atom. The SMILES string of the molecule is N#Cc1c(-c2cn3c(n2)CCC3)[nH]c2nccc(N3CCN(C(=O)OC4COC4)CC3)c12. The zero-order valence-electron chi connectivity index (χ0n) is 17.6. The van der Waals surface area contributed by atoms with Crippen molar-refractivity contribution in [3.8, 4) is 17.5 Å². The predicted octanol–water partition coefficient (Wildman–Crippen LogP) is 1.90. The number of carbonyl (C=O) groups is 1. The third kappa shape index (κ3) is 3.08. The molecule has 0 unspecified atom stereocenters. The minimum atomic E-state index is -0.285. The number of hydrogen-bond acceptors (Lipinski definition) is 7. The van der Waals surface area contributed by atoms with Crippen molar-refractivity contribution in [1.82, 2.24) is 24.4 Å². The maximum atomic E-state index is 12.3. The highest BCUT2D eigenvalue weighted by molar-refractivity contribution is 5.99. The van der Waals surface area contributed by atoms with Gasteiger partial charge < -0.3 is 28.8 Å². The molecule has 0 spiro atoms. The maximum Gasteiger partial charge on any atom is 0.410 e. The summed E-state index contributed by atoms with van der Waals surface area (Å²) in [5.41, 5.74) is 3.68. The number of imidazole rings is 1. The molecule has 3 aliphatic heterocycles. The van der Waals surface area contributed by atoms with Gasteiger partial charge in [-0.25, -0.2) is 14.8 Å². The van der Waals surface area contributed by atoms with Crippen molar-refractivity contribution in [1.29, 1.82) is 5.26 Å². The van der Waals surface area contributed by atoms with Crippen LogP contribution in [0.1, 0.15) is 17.8 Å². The molecular formula is C22H23N7O3. The van der Waals surface area contributed by atoms with E-state index < -0.39 is 0 Å². The molecule has 10 nitrogen and oxygen atoms in total. The Kier molecular flexibility index (Phi) is 4.50. The molecule has 0 atom stereocenters. The highest BCUT2D eigenvalue weighted by atomic mass is 16.6. The molecule has 3 aromatic rings. The summed E-state index contributed by atoms with van der Waals surface area (Å²) in [5, 5.41) is 10.8. The van der Waals surface area contributed by atoms with Gasteiger partial charge in [-0.3, -0.25) is 0 Å². The summed E-state index contributed by atoms with van der Waals surface area (Å²) in [7, 11) is 0. The Labute approximate surface area is 184 Å². The average Bonchev–Trinajstić information content (AvgIpc) is 3.48. The number of carbonyl (C=O) groups excluding carboxylic acids is 1. The molecule has 2 fully saturated rings. The van der Waals surface area contributed by atoms with Crippen LogP contribution in [0.3, 0.4) is 0 Å². The summed E-state index contributed by atoms with van der Waals surface area (Å²) >= 11 is 0. The smallest absolute Gasteiger partial charge is 0.410 e. The van der Waals surface area contributed by atoms with Crippen molar-refractivity contribution >= 4 is 22.8 Å². The lowest BCUT2D eigenvalue weighted by molar-refractivity contribution is -0.104. The fraction of sp³-hybridized carbons (Fsp3) is 0.455. The molecule has 10 heteroatoms. The third-order valence-electron chi connectivity index (χ3n) is 6.45. The highest BCUT2D eigenvalue weighted by Crippen LogP contribution is 2.35. The van der Waals surface area contributed by atoms with Gasteiger partial charge in [0.25, 0.3) is 0 Å². The molecule has 6 rings (SSSR count). The fourth-order valence-corrected chi connectivity index (χ4v) is 4.67. The first-order valence-corrected chi connectivity index (χ1v) is 11.0. The van der Waals surface area contributed by atoms with Crippen LogP contribution in [0.5, 0.6) is 0 Å². The summed E-state index contributed by atoms with van der Waals surface area (Å²) < 4.78 is 12.7. The number of nitrogens with zero attached hydrogens (tertiary/aromatic N) is 6. The lowest BCUT2D eigenvalue weighted by atomic mass is 10.1. The van der Waals surface area contributed by atoms with E-state index in [-0.39, 0.29) is 12.2 Å². The number of nitrogens with one attached hydrogen (secondary N) is 1. The minimum absolute atomic E-state index is 0.124. The lowest BCUT2D eigenvalue weighted by Crippen LogP contribution is -2.51. The summed E-state index contributed by atoms with van der Waals surface area (Å²) in [5.74, 6) is 1.06. The number of hydrogen-bond donors (Lipinski definition) is 1. The van der Waals surface area contributed by atoms with Crippen molar-refractivity contribution in [3.05, 3.63) is 29.8 Å². The quantitative estimate of drug-likeness (QED) is 0.671. The molecule has 3 aliphatic rings. The second-order valence-electron chi connectivity index (χ2n) is 8.40. The van der Waals surface area contributed by atoms with Crippen LogP contribution in [-0.2, 0) is 22.4 Å². The summed E-state index contributed by atoms with van der Waals surface area (Å²) in [6.07, 6.45) is 5.44. The number of pyridine rings is 1. The van der Waals surface area contributed by atoms with Gasteiger partial charge >= 0.3 is 6.09 Å². The largest absolute Gasteiger partial charge is 0.441 e. The van der Waals surface area contributed by atoms with E-state index in [2.05, 4.69) is 25.5 Å². The Bertz CT molecular complexity index is 1210. The zero-order valence-corrected chi connectivity index (χ0v) is 17.6. The summed E-state index contributed by atoms with van der Waals surface area (Å²) in [6, 6.07) is 4.32. The van der Waals surface area contributed by atoms with Crippen LogP contribution in [0.2, 0.25) is 0 Å². The first-order valence-electron chi connectivity index (χ1n) is 11.0. The summed E-state index contributed by atoms with van der Waals surface area (Å²) in [6.45, 7) is 4.35. The normalized spacial score (nSPS) is 18.5. The molecule has 0 aliphatic carbocycles. The Morgan fingerprint density at radius 1 is 1.25 bits per heavy atom. The molecule has 6 heterocycles. The number of amides is 1. The number of H-pyrrole nitrogens is 1. The molecule has 164 valence electrons. The molecule has 0 aromatic carbocycles. The molecular weight excluding hydrogens is 410 g/mol. The fourth-order valence-electron chi connectivity index (χ4n) is 4.67. The second-order valence-corrected chi connectivity index (χ2v) is 8.40. The van der Waals surface area contributed by atoms with Gasteiger partial charge in [0.05, 0.1) is 35.5 Å². The van der Waals surface area contributed by atoms with Gasteiger partial charge in [0.2, 0.25) is 0 Å². The topological polar surface area (TPSA) is 112 Å².